The van der Waals surface area contributed by atoms with Crippen LogP contribution in [0.3, 0.4) is 0 Å². The van der Waals surface area contributed by atoms with Crippen LogP contribution in [0.2, 0.25) is 0 Å². The average Bonchev–Trinajstić information content (AvgIpc) is 2.85. The van der Waals surface area contributed by atoms with Gasteiger partial charge >= 0.3 is 0 Å². The Morgan fingerprint density at radius 1 is 1.21 bits per heavy atom. The van der Waals surface area contributed by atoms with Gasteiger partial charge in [-0.05, 0) is 73.6 Å². The largest absolute Gasteiger partial charge is 0.504 e. The number of hydrogen-bond donors (Lipinski definition) is 4. The average molecular weight is 475 g/mol. The van der Waals surface area contributed by atoms with E-state index in [0.29, 0.717) is 44.7 Å². The van der Waals surface area contributed by atoms with Gasteiger partial charge in [0.1, 0.15) is 5.75 Å². The van der Waals surface area contributed by atoms with Crippen LogP contribution in [0.4, 0.5) is 0 Å². The van der Waals surface area contributed by atoms with Crippen LogP contribution in [-0.2, 0) is 29.0 Å². The Kier molecular flexibility index (Phi) is 9.52. The molecular weight excluding hydrogens is 440 g/mol. The molecule has 1 aliphatic rings. The van der Waals surface area contributed by atoms with E-state index in [1.807, 2.05) is 31.2 Å². The predicted molar refractivity (Wildman–Crippen MR) is 125 cm³/mol. The number of fused-ring (bicyclic) bond motifs is 1. The van der Waals surface area contributed by atoms with Crippen LogP contribution >= 0.6 is 0 Å². The van der Waals surface area contributed by atoms with Crippen LogP contribution in [0.15, 0.2) is 36.4 Å². The zero-order chi connectivity index (χ0) is 24.5. The van der Waals surface area contributed by atoms with Gasteiger partial charge in [-0.25, -0.2) is 0 Å². The molecule has 0 radical (unpaired) electrons. The number of carbonyl (C=O) groups excluding carboxylic acids is 1. The molecule has 4 N–H and O–H groups in total. The van der Waals surface area contributed by atoms with Gasteiger partial charge in [-0.2, -0.15) is 0 Å². The third kappa shape index (κ3) is 6.60. The van der Waals surface area contributed by atoms with Crippen LogP contribution < -0.4 is 15.1 Å². The molecule has 0 aliphatic carbocycles. The maximum Gasteiger partial charge on any atom is 0.228 e. The second kappa shape index (κ2) is 12.6. The van der Waals surface area contributed by atoms with E-state index in [-0.39, 0.29) is 18.3 Å². The summed E-state index contributed by atoms with van der Waals surface area (Å²) in [5.41, 5.74) is 4.57. The van der Waals surface area contributed by atoms with E-state index in [1.165, 1.54) is 7.11 Å². The second-order valence-corrected chi connectivity index (χ2v) is 8.35. The van der Waals surface area contributed by atoms with Crippen molar-refractivity contribution in [3.63, 3.8) is 0 Å². The lowest BCUT2D eigenvalue weighted by molar-refractivity contribution is -0.162. The predicted octanol–water partition coefficient (Wildman–Crippen LogP) is 2.59. The van der Waals surface area contributed by atoms with E-state index >= 15 is 0 Å². The van der Waals surface area contributed by atoms with Gasteiger partial charge in [0, 0.05) is 13.1 Å². The minimum Gasteiger partial charge on any atom is -0.504 e. The summed E-state index contributed by atoms with van der Waals surface area (Å²) in [6.07, 6.45) is 1.43. The molecule has 0 spiro atoms. The van der Waals surface area contributed by atoms with Crippen LogP contribution in [0, 0.1) is 5.92 Å². The van der Waals surface area contributed by atoms with Crippen molar-refractivity contribution in [2.75, 3.05) is 26.9 Å². The van der Waals surface area contributed by atoms with Gasteiger partial charge < -0.3 is 24.6 Å². The SMILES string of the molecule is CCOc1ccc(CCC[C@@H](C(=O)N2CCc3cc(O)c(OC)cc3C2)[C@H](O)CONO)cc1. The molecule has 9 nitrogen and oxygen atoms in total. The van der Waals surface area contributed by atoms with E-state index in [0.717, 1.165) is 28.9 Å². The number of rotatable bonds is 12. The number of methoxy groups -OCH3 is 1. The number of aliphatic hydroxyl groups is 1. The van der Waals surface area contributed by atoms with Crippen LogP contribution in [0.1, 0.15) is 36.5 Å². The van der Waals surface area contributed by atoms with Crippen molar-refractivity contribution in [1.29, 1.82) is 0 Å². The van der Waals surface area contributed by atoms with E-state index in [2.05, 4.69) is 0 Å². The molecule has 0 fully saturated rings. The minimum atomic E-state index is -1.08. The van der Waals surface area contributed by atoms with Gasteiger partial charge in [0.05, 0.1) is 32.3 Å². The fourth-order valence-corrected chi connectivity index (χ4v) is 4.32. The maximum atomic E-state index is 13.4. The lowest BCUT2D eigenvalue weighted by Gasteiger charge is -2.33. The molecule has 0 saturated carbocycles. The first kappa shape index (κ1) is 25.8. The molecule has 34 heavy (non-hydrogen) atoms. The molecule has 186 valence electrons. The number of nitrogens with one attached hydrogen (secondary N) is 1. The van der Waals surface area contributed by atoms with Crippen LogP contribution in [-0.4, -0.2) is 59.2 Å². The summed E-state index contributed by atoms with van der Waals surface area (Å²) in [6.45, 7) is 3.18. The van der Waals surface area contributed by atoms with Gasteiger partial charge in [0.2, 0.25) is 5.91 Å². The first-order valence-electron chi connectivity index (χ1n) is 11.5. The van der Waals surface area contributed by atoms with E-state index in [4.69, 9.17) is 19.5 Å². The van der Waals surface area contributed by atoms with E-state index in [9.17, 15) is 15.0 Å². The molecule has 1 amide bonds. The van der Waals surface area contributed by atoms with Crippen molar-refractivity contribution in [1.82, 2.24) is 10.5 Å². The highest BCUT2D eigenvalue weighted by Gasteiger charge is 2.32. The maximum absolute atomic E-state index is 13.4. The first-order valence-corrected chi connectivity index (χ1v) is 11.5. The van der Waals surface area contributed by atoms with Crippen LogP contribution in [0.25, 0.3) is 0 Å². The Labute approximate surface area is 199 Å². The van der Waals surface area contributed by atoms with E-state index in [1.54, 1.807) is 22.7 Å². The van der Waals surface area contributed by atoms with Gasteiger partial charge in [-0.15, -0.1) is 0 Å². The highest BCUT2D eigenvalue weighted by Crippen LogP contribution is 2.33. The molecular formula is C25H34N2O7. The number of ether oxygens (including phenoxy) is 2. The Morgan fingerprint density at radius 3 is 2.65 bits per heavy atom. The van der Waals surface area contributed by atoms with Crippen LogP contribution in [0.5, 0.6) is 17.2 Å². The van der Waals surface area contributed by atoms with Crippen molar-refractivity contribution < 1.29 is 34.5 Å². The number of phenolic OH excluding ortho intramolecular Hbond substituents is 1. The zero-order valence-electron chi connectivity index (χ0n) is 19.7. The summed E-state index contributed by atoms with van der Waals surface area (Å²) in [5.74, 6) is 0.411. The number of aryl methyl sites for hydroxylation is 1. The molecule has 0 unspecified atom stereocenters. The smallest absolute Gasteiger partial charge is 0.228 e. The van der Waals surface area contributed by atoms with Crippen molar-refractivity contribution in [3.8, 4) is 17.2 Å². The Hall–Kier alpha value is -2.85. The quantitative estimate of drug-likeness (QED) is 0.347. The summed E-state index contributed by atoms with van der Waals surface area (Å²) in [5, 5.41) is 29.4. The molecule has 0 saturated heterocycles. The molecule has 2 aromatic rings. The Balaban J connectivity index is 1.66. The van der Waals surface area contributed by atoms with Gasteiger partial charge in [0.15, 0.2) is 11.5 Å². The van der Waals surface area contributed by atoms with Crippen molar-refractivity contribution in [2.24, 2.45) is 5.92 Å². The molecule has 1 heterocycles. The monoisotopic (exact) mass is 474 g/mol. The summed E-state index contributed by atoms with van der Waals surface area (Å²) in [7, 11) is 1.49. The minimum absolute atomic E-state index is 0.0808. The highest BCUT2D eigenvalue weighted by molar-refractivity contribution is 5.80. The second-order valence-electron chi connectivity index (χ2n) is 8.35. The number of carbonyl (C=O) groups is 1. The molecule has 2 aromatic carbocycles. The number of aromatic hydroxyl groups is 1. The number of benzene rings is 2. The summed E-state index contributed by atoms with van der Waals surface area (Å²) in [6, 6.07) is 11.3. The summed E-state index contributed by atoms with van der Waals surface area (Å²) in [4.78, 5) is 19.9. The third-order valence-electron chi connectivity index (χ3n) is 6.14. The summed E-state index contributed by atoms with van der Waals surface area (Å²) >= 11 is 0. The molecule has 0 bridgehead atoms. The van der Waals surface area contributed by atoms with Crippen molar-refractivity contribution >= 4 is 5.91 Å². The lowest BCUT2D eigenvalue weighted by Crippen LogP contribution is -2.45. The number of aliphatic hydroxyl groups excluding tert-OH is 1. The molecule has 1 aliphatic heterocycles. The normalized spacial score (nSPS) is 14.9. The van der Waals surface area contributed by atoms with E-state index < -0.39 is 12.0 Å². The number of phenols is 1. The first-order chi connectivity index (χ1) is 16.5. The van der Waals surface area contributed by atoms with Gasteiger partial charge in [0.25, 0.3) is 0 Å². The van der Waals surface area contributed by atoms with Gasteiger partial charge in [-0.3, -0.25) is 14.8 Å². The fraction of sp³-hybridized carbons (Fsp3) is 0.480. The number of amides is 1. The lowest BCUT2D eigenvalue weighted by atomic mass is 9.91. The van der Waals surface area contributed by atoms with Gasteiger partial charge in [-0.1, -0.05) is 17.8 Å². The zero-order valence-corrected chi connectivity index (χ0v) is 19.7. The topological polar surface area (TPSA) is 121 Å². The summed E-state index contributed by atoms with van der Waals surface area (Å²) < 4.78 is 10.7. The third-order valence-corrected chi connectivity index (χ3v) is 6.14. The molecule has 3 rings (SSSR count). The fourth-order valence-electron chi connectivity index (χ4n) is 4.32. The number of nitrogens with zero attached hydrogens (tertiary/aromatic N) is 1. The molecule has 9 heteroatoms. The number of hydrogen-bond acceptors (Lipinski definition) is 8. The molecule has 2 atom stereocenters. The van der Waals surface area contributed by atoms with Crippen molar-refractivity contribution in [2.45, 2.75) is 45.3 Å². The standard InChI is InChI=1S/C25H34N2O7/c1-3-33-20-9-7-17(8-10-20)5-4-6-21(23(29)16-34-26-31)25(30)27-12-11-18-13-22(28)24(32-2)14-19(18)15-27/h7-10,13-14,21,23,26,28-29,31H,3-6,11-12,15-16H2,1-2H3/t21-,23-/m1/s1. The Morgan fingerprint density at radius 2 is 1.97 bits per heavy atom. The Bertz CT molecular complexity index is 936. The molecule has 0 aromatic heterocycles. The van der Waals surface area contributed by atoms with Crippen molar-refractivity contribution in [3.05, 3.63) is 53.1 Å². The highest BCUT2D eigenvalue weighted by atomic mass is 16.8.